The van der Waals surface area contributed by atoms with Gasteiger partial charge >= 0.3 is 12.1 Å². The van der Waals surface area contributed by atoms with E-state index < -0.39 is 28.6 Å². The number of ether oxygens (including phenoxy) is 1. The predicted octanol–water partition coefficient (Wildman–Crippen LogP) is 3.16. The quantitative estimate of drug-likeness (QED) is 0.437. The molecule has 0 fully saturated rings. The number of aryl methyl sites for hydroxylation is 1. The van der Waals surface area contributed by atoms with Crippen LogP contribution < -0.4 is 5.32 Å². The van der Waals surface area contributed by atoms with Crippen LogP contribution in [0, 0.1) is 10.1 Å². The summed E-state index contributed by atoms with van der Waals surface area (Å²) in [5, 5.41) is 23.7. The minimum Gasteiger partial charge on any atom is -0.480 e. The Labute approximate surface area is 159 Å². The molecule has 1 aromatic heterocycles. The molecular weight excluding hydrogens is 374 g/mol. The number of nitro groups is 1. The highest BCUT2D eigenvalue weighted by Crippen LogP contribution is 2.34. The molecule has 0 spiro atoms. The highest BCUT2D eigenvalue weighted by molar-refractivity contribution is 7.99. The minimum absolute atomic E-state index is 0.0919. The number of carbonyl (C=O) groups excluding carboxylic acids is 1. The van der Waals surface area contributed by atoms with Gasteiger partial charge in [-0.15, -0.1) is 11.8 Å². The Morgan fingerprint density at radius 2 is 2.07 bits per heavy atom. The largest absolute Gasteiger partial charge is 0.480 e. The zero-order valence-corrected chi connectivity index (χ0v) is 16.2. The fraction of sp³-hybridized carbons (Fsp3) is 0.412. The van der Waals surface area contributed by atoms with Gasteiger partial charge in [-0.25, -0.2) is 9.59 Å². The van der Waals surface area contributed by atoms with Crippen LogP contribution in [0.2, 0.25) is 0 Å². The van der Waals surface area contributed by atoms with Gasteiger partial charge in [0.2, 0.25) is 0 Å². The molecule has 27 heavy (non-hydrogen) atoms. The number of carbonyl (C=O) groups is 2. The Morgan fingerprint density at radius 1 is 1.41 bits per heavy atom. The van der Waals surface area contributed by atoms with Crippen LogP contribution in [0.25, 0.3) is 10.9 Å². The van der Waals surface area contributed by atoms with Gasteiger partial charge in [0, 0.05) is 36.0 Å². The molecule has 1 atom stereocenters. The highest BCUT2D eigenvalue weighted by atomic mass is 32.2. The second kappa shape index (κ2) is 7.87. The van der Waals surface area contributed by atoms with E-state index in [1.54, 1.807) is 39.1 Å². The summed E-state index contributed by atoms with van der Waals surface area (Å²) in [6.07, 6.45) is 0.926. The molecule has 0 radical (unpaired) electrons. The van der Waals surface area contributed by atoms with Crippen molar-refractivity contribution < 1.29 is 24.4 Å². The van der Waals surface area contributed by atoms with E-state index in [-0.39, 0.29) is 11.4 Å². The van der Waals surface area contributed by atoms with E-state index in [4.69, 9.17) is 4.74 Å². The standard InChI is InChI=1S/C17H21N3O6S/c1-17(2,3)26-16(23)18-11(15(21)22)9-27-14-8-12-10(5-6-19(12)4)7-13(14)20(24)25/h5-8,11H,9H2,1-4H3,(H,18,23)(H,21,22). The Hall–Kier alpha value is -2.75. The number of carboxylic acid groups (broad SMARTS) is 1. The topological polar surface area (TPSA) is 124 Å². The summed E-state index contributed by atoms with van der Waals surface area (Å²) in [4.78, 5) is 34.5. The van der Waals surface area contributed by atoms with Crippen molar-refractivity contribution in [3.8, 4) is 0 Å². The molecule has 0 aliphatic rings. The lowest BCUT2D eigenvalue weighted by molar-refractivity contribution is -0.387. The molecular formula is C17H21N3O6S. The Balaban J connectivity index is 2.20. The van der Waals surface area contributed by atoms with Crippen molar-refractivity contribution in [2.45, 2.75) is 37.3 Å². The number of aromatic nitrogens is 1. The number of carboxylic acids is 1. The van der Waals surface area contributed by atoms with Gasteiger partial charge in [-0.3, -0.25) is 10.1 Å². The molecule has 1 aromatic carbocycles. The minimum atomic E-state index is -1.26. The normalized spacial score (nSPS) is 12.6. The van der Waals surface area contributed by atoms with E-state index in [2.05, 4.69) is 5.32 Å². The van der Waals surface area contributed by atoms with E-state index in [1.807, 2.05) is 11.6 Å². The van der Waals surface area contributed by atoms with Crippen LogP contribution in [0.4, 0.5) is 10.5 Å². The van der Waals surface area contributed by atoms with Crippen LogP contribution in [0.1, 0.15) is 20.8 Å². The molecule has 0 saturated carbocycles. The fourth-order valence-electron chi connectivity index (χ4n) is 2.34. The Morgan fingerprint density at radius 3 is 2.63 bits per heavy atom. The molecule has 0 aliphatic heterocycles. The molecule has 2 rings (SSSR count). The van der Waals surface area contributed by atoms with Crippen LogP contribution in [-0.4, -0.2) is 44.1 Å². The molecule has 1 heterocycles. The lowest BCUT2D eigenvalue weighted by atomic mass is 10.2. The molecule has 2 aromatic rings. The third kappa shape index (κ3) is 5.36. The molecule has 0 saturated heterocycles. The van der Waals surface area contributed by atoms with E-state index in [0.29, 0.717) is 4.90 Å². The lowest BCUT2D eigenvalue weighted by Gasteiger charge is -2.21. The summed E-state index contributed by atoms with van der Waals surface area (Å²) in [6.45, 7) is 4.99. The van der Waals surface area contributed by atoms with Crippen molar-refractivity contribution >= 4 is 40.4 Å². The number of nitrogens with zero attached hydrogens (tertiary/aromatic N) is 2. The molecule has 2 N–H and O–H groups in total. The molecule has 9 nitrogen and oxygen atoms in total. The molecule has 1 unspecified atom stereocenters. The van der Waals surface area contributed by atoms with Crippen molar-refractivity contribution in [1.82, 2.24) is 9.88 Å². The van der Waals surface area contributed by atoms with Crippen molar-refractivity contribution in [3.05, 3.63) is 34.5 Å². The number of hydrogen-bond acceptors (Lipinski definition) is 6. The second-order valence-corrected chi connectivity index (χ2v) is 7.97. The highest BCUT2D eigenvalue weighted by Gasteiger charge is 2.26. The summed E-state index contributed by atoms with van der Waals surface area (Å²) in [6, 6.07) is 3.61. The summed E-state index contributed by atoms with van der Waals surface area (Å²) in [5.74, 6) is -1.35. The van der Waals surface area contributed by atoms with Gasteiger partial charge in [0.1, 0.15) is 11.6 Å². The number of alkyl carbamates (subject to hydrolysis) is 1. The van der Waals surface area contributed by atoms with Crippen LogP contribution in [0.15, 0.2) is 29.3 Å². The third-order valence-electron chi connectivity index (χ3n) is 3.56. The van der Waals surface area contributed by atoms with E-state index in [0.717, 1.165) is 22.7 Å². The smallest absolute Gasteiger partial charge is 0.408 e. The van der Waals surface area contributed by atoms with Gasteiger partial charge in [0.25, 0.3) is 5.69 Å². The predicted molar refractivity (Wildman–Crippen MR) is 101 cm³/mol. The van der Waals surface area contributed by atoms with E-state index in [9.17, 15) is 24.8 Å². The van der Waals surface area contributed by atoms with Crippen molar-refractivity contribution in [2.24, 2.45) is 7.05 Å². The molecule has 1 amide bonds. The monoisotopic (exact) mass is 395 g/mol. The van der Waals surface area contributed by atoms with Crippen LogP contribution >= 0.6 is 11.8 Å². The van der Waals surface area contributed by atoms with E-state index >= 15 is 0 Å². The Bertz CT molecular complexity index is 887. The molecule has 10 heteroatoms. The number of fused-ring (bicyclic) bond motifs is 1. The van der Waals surface area contributed by atoms with Gasteiger partial charge in [-0.05, 0) is 32.9 Å². The van der Waals surface area contributed by atoms with Gasteiger partial charge in [0.05, 0.1) is 9.82 Å². The first-order chi connectivity index (χ1) is 12.5. The zero-order chi connectivity index (χ0) is 20.4. The van der Waals surface area contributed by atoms with Gasteiger partial charge in [-0.1, -0.05) is 0 Å². The number of aliphatic carboxylic acids is 1. The number of hydrogen-bond donors (Lipinski definition) is 2. The average molecular weight is 395 g/mol. The number of rotatable bonds is 6. The number of nitro benzene ring substituents is 1. The first-order valence-electron chi connectivity index (χ1n) is 8.06. The maximum Gasteiger partial charge on any atom is 0.408 e. The molecule has 0 aliphatic carbocycles. The zero-order valence-electron chi connectivity index (χ0n) is 15.4. The first kappa shape index (κ1) is 20.6. The lowest BCUT2D eigenvalue weighted by Crippen LogP contribution is -2.44. The second-order valence-electron chi connectivity index (χ2n) is 6.91. The van der Waals surface area contributed by atoms with Gasteiger partial charge in [-0.2, -0.15) is 0 Å². The van der Waals surface area contributed by atoms with Crippen molar-refractivity contribution in [1.29, 1.82) is 0 Å². The summed E-state index contributed by atoms with van der Waals surface area (Å²) in [7, 11) is 1.81. The van der Waals surface area contributed by atoms with Gasteiger partial charge in [0.15, 0.2) is 0 Å². The summed E-state index contributed by atoms with van der Waals surface area (Å²) < 4.78 is 6.88. The SMILES string of the molecule is Cn1ccc2cc([N+](=O)[O-])c(SCC(NC(=O)OC(C)(C)C)C(=O)O)cc21. The summed E-state index contributed by atoms with van der Waals surface area (Å²) >= 11 is 0.993. The first-order valence-corrected chi connectivity index (χ1v) is 9.05. The van der Waals surface area contributed by atoms with Crippen molar-refractivity contribution in [3.63, 3.8) is 0 Å². The number of amides is 1. The van der Waals surface area contributed by atoms with Crippen LogP contribution in [0.3, 0.4) is 0 Å². The van der Waals surface area contributed by atoms with Crippen LogP contribution in [-0.2, 0) is 16.6 Å². The maximum absolute atomic E-state index is 11.8. The Kier molecular flexibility index (Phi) is 5.99. The summed E-state index contributed by atoms with van der Waals surface area (Å²) in [5.41, 5.74) is -0.0911. The average Bonchev–Trinajstić information content (AvgIpc) is 2.89. The fourth-order valence-corrected chi connectivity index (χ4v) is 3.39. The van der Waals surface area contributed by atoms with E-state index in [1.165, 1.54) is 6.07 Å². The number of nitrogens with one attached hydrogen (secondary N) is 1. The number of thioether (sulfide) groups is 1. The molecule has 0 bridgehead atoms. The third-order valence-corrected chi connectivity index (χ3v) is 4.70. The van der Waals surface area contributed by atoms with Crippen LogP contribution in [0.5, 0.6) is 0 Å². The van der Waals surface area contributed by atoms with Crippen molar-refractivity contribution in [2.75, 3.05) is 5.75 Å². The number of benzene rings is 1. The molecule has 146 valence electrons. The maximum atomic E-state index is 11.8. The van der Waals surface area contributed by atoms with Gasteiger partial charge < -0.3 is 19.7 Å².